The van der Waals surface area contributed by atoms with Gasteiger partial charge in [-0.2, -0.15) is 0 Å². The van der Waals surface area contributed by atoms with E-state index < -0.39 is 0 Å². The number of rotatable bonds is 10. The molecule has 120 valence electrons. The zero-order valence-corrected chi connectivity index (χ0v) is 14.0. The molecule has 0 aromatic heterocycles. The van der Waals surface area contributed by atoms with Gasteiger partial charge < -0.3 is 15.8 Å². The van der Waals surface area contributed by atoms with Crippen LogP contribution in [0.2, 0.25) is 0 Å². The zero-order valence-electron chi connectivity index (χ0n) is 14.0. The molecule has 0 aromatic rings. The third-order valence-electron chi connectivity index (χ3n) is 3.10. The average Bonchev–Trinajstić information content (AvgIpc) is 2.41. The van der Waals surface area contributed by atoms with Crippen LogP contribution in [-0.2, 0) is 9.53 Å². The minimum absolute atomic E-state index is 0.155. The molecule has 0 aliphatic heterocycles. The van der Waals surface area contributed by atoms with Crippen molar-refractivity contribution < 1.29 is 9.53 Å². The third-order valence-corrected chi connectivity index (χ3v) is 3.10. The number of nitrogens with two attached hydrogens (primary N) is 1. The molecule has 0 unspecified atom stereocenters. The molecule has 0 rings (SSSR count). The van der Waals surface area contributed by atoms with E-state index in [4.69, 9.17) is 10.5 Å². The Morgan fingerprint density at radius 1 is 1.29 bits per heavy atom. The van der Waals surface area contributed by atoms with Crippen molar-refractivity contribution in [2.75, 3.05) is 19.7 Å². The highest BCUT2D eigenvalue weighted by atomic mass is 16.5. The lowest BCUT2D eigenvalue weighted by Crippen LogP contribution is -2.22. The van der Waals surface area contributed by atoms with Crippen molar-refractivity contribution in [1.29, 1.82) is 0 Å². The summed E-state index contributed by atoms with van der Waals surface area (Å²) in [5, 5.41) is 3.31. The normalized spacial score (nSPS) is 13.7. The number of amides is 1. The summed E-state index contributed by atoms with van der Waals surface area (Å²) in [4.78, 5) is 11.3. The van der Waals surface area contributed by atoms with Crippen molar-refractivity contribution in [2.45, 2.75) is 41.0 Å². The summed E-state index contributed by atoms with van der Waals surface area (Å²) < 4.78 is 5.38. The predicted octanol–water partition coefficient (Wildman–Crippen LogP) is 2.92. The van der Waals surface area contributed by atoms with Crippen molar-refractivity contribution >= 4 is 5.91 Å². The van der Waals surface area contributed by atoms with Gasteiger partial charge in [0.25, 0.3) is 0 Å². The van der Waals surface area contributed by atoms with Gasteiger partial charge in [0.2, 0.25) is 5.91 Å². The molecule has 0 atom stereocenters. The van der Waals surface area contributed by atoms with Gasteiger partial charge >= 0.3 is 0 Å². The number of hydrogen-bond acceptors (Lipinski definition) is 3. The van der Waals surface area contributed by atoms with E-state index in [0.717, 1.165) is 18.7 Å². The largest absolute Gasteiger partial charge is 0.499 e. The van der Waals surface area contributed by atoms with Gasteiger partial charge in [0, 0.05) is 18.7 Å². The number of carbonyl (C=O) groups is 1. The van der Waals surface area contributed by atoms with Crippen LogP contribution < -0.4 is 11.1 Å². The first-order chi connectivity index (χ1) is 9.92. The second kappa shape index (κ2) is 11.1. The molecular formula is C17H30N2O2. The molecule has 4 heteroatoms. The second-order valence-corrected chi connectivity index (χ2v) is 5.20. The maximum atomic E-state index is 11.3. The van der Waals surface area contributed by atoms with E-state index >= 15 is 0 Å². The van der Waals surface area contributed by atoms with Gasteiger partial charge in [0.05, 0.1) is 12.4 Å². The summed E-state index contributed by atoms with van der Waals surface area (Å²) in [6, 6.07) is 0. The van der Waals surface area contributed by atoms with E-state index in [1.165, 1.54) is 5.57 Å². The molecule has 0 aliphatic rings. The minimum atomic E-state index is -0.340. The monoisotopic (exact) mass is 294 g/mol. The Morgan fingerprint density at radius 2 is 1.95 bits per heavy atom. The molecule has 0 radical (unpaired) electrons. The average molecular weight is 294 g/mol. The number of carbonyl (C=O) groups excluding carboxylic acids is 1. The molecule has 0 bridgehead atoms. The molecule has 0 spiro atoms. The number of ether oxygens (including phenoxy) is 1. The van der Waals surface area contributed by atoms with Gasteiger partial charge in [0.1, 0.15) is 0 Å². The fraction of sp³-hybridized carbons (Fsp3) is 0.588. The van der Waals surface area contributed by atoms with Gasteiger partial charge in [-0.05, 0) is 32.3 Å². The summed E-state index contributed by atoms with van der Waals surface area (Å²) in [5.41, 5.74) is 7.31. The molecule has 21 heavy (non-hydrogen) atoms. The van der Waals surface area contributed by atoms with E-state index in [2.05, 4.69) is 18.3 Å². The first-order valence-corrected chi connectivity index (χ1v) is 7.62. The molecule has 4 nitrogen and oxygen atoms in total. The van der Waals surface area contributed by atoms with Gasteiger partial charge in [0.15, 0.2) is 0 Å². The third kappa shape index (κ3) is 9.08. The Kier molecular flexibility index (Phi) is 10.3. The van der Waals surface area contributed by atoms with Crippen LogP contribution in [0.15, 0.2) is 35.1 Å². The van der Waals surface area contributed by atoms with Crippen molar-refractivity contribution in [3.8, 4) is 0 Å². The zero-order chi connectivity index (χ0) is 16.3. The van der Waals surface area contributed by atoms with Crippen molar-refractivity contribution in [1.82, 2.24) is 5.32 Å². The van der Waals surface area contributed by atoms with Crippen LogP contribution in [0.25, 0.3) is 0 Å². The van der Waals surface area contributed by atoms with Crippen LogP contribution in [0.3, 0.4) is 0 Å². The molecule has 1 amide bonds. The first kappa shape index (κ1) is 19.4. The van der Waals surface area contributed by atoms with Crippen LogP contribution in [0.1, 0.15) is 41.0 Å². The van der Waals surface area contributed by atoms with Crippen molar-refractivity contribution in [3.63, 3.8) is 0 Å². The highest BCUT2D eigenvalue weighted by Crippen LogP contribution is 2.08. The van der Waals surface area contributed by atoms with Crippen LogP contribution in [-0.4, -0.2) is 25.6 Å². The molecular weight excluding hydrogens is 264 g/mol. The fourth-order valence-corrected chi connectivity index (χ4v) is 1.85. The molecule has 0 fully saturated rings. The Balaban J connectivity index is 4.42. The van der Waals surface area contributed by atoms with E-state index in [1.54, 1.807) is 0 Å². The molecule has 0 aromatic carbocycles. The fourth-order valence-electron chi connectivity index (χ4n) is 1.85. The topological polar surface area (TPSA) is 64.3 Å². The molecule has 0 saturated heterocycles. The summed E-state index contributed by atoms with van der Waals surface area (Å²) in [5.74, 6) is 0.731. The smallest absolute Gasteiger partial charge is 0.244 e. The Bertz CT molecular complexity index is 407. The van der Waals surface area contributed by atoms with E-state index in [0.29, 0.717) is 18.7 Å². The lowest BCUT2D eigenvalue weighted by molar-refractivity contribution is -0.115. The maximum absolute atomic E-state index is 11.3. The first-order valence-electron chi connectivity index (χ1n) is 7.62. The highest BCUT2D eigenvalue weighted by molar-refractivity contribution is 5.92. The predicted molar refractivity (Wildman–Crippen MR) is 88.7 cm³/mol. The number of allylic oxidation sites excluding steroid dienone is 3. The van der Waals surface area contributed by atoms with Crippen LogP contribution in [0.4, 0.5) is 0 Å². The van der Waals surface area contributed by atoms with Crippen molar-refractivity contribution in [2.24, 2.45) is 11.7 Å². The standard InChI is InChI=1S/C17H30N2O2/c1-6-15(9-8-14(5)21-7-2)12-19-11-10-16(13(3)4)17(18)20/h8-10,13,19H,6-7,11-12H2,1-5H3,(H2,18,20)/b14-8+,15-9+,16-10+. The second-order valence-electron chi connectivity index (χ2n) is 5.20. The van der Waals surface area contributed by atoms with E-state index in [-0.39, 0.29) is 11.8 Å². The number of nitrogens with one attached hydrogen (secondary N) is 1. The van der Waals surface area contributed by atoms with Crippen molar-refractivity contribution in [3.05, 3.63) is 35.1 Å². The summed E-state index contributed by atoms with van der Waals surface area (Å²) >= 11 is 0. The summed E-state index contributed by atoms with van der Waals surface area (Å²) in [6.07, 6.45) is 6.92. The lowest BCUT2D eigenvalue weighted by Gasteiger charge is -2.09. The quantitative estimate of drug-likeness (QED) is 0.282. The van der Waals surface area contributed by atoms with Crippen LogP contribution >= 0.6 is 0 Å². The van der Waals surface area contributed by atoms with Gasteiger partial charge in [-0.3, -0.25) is 4.79 Å². The SMILES string of the molecule is CCO/C(C)=C/C=C(\CC)CNC/C=C(/C(N)=O)C(C)C. The maximum Gasteiger partial charge on any atom is 0.244 e. The molecule has 0 saturated carbocycles. The summed E-state index contributed by atoms with van der Waals surface area (Å²) in [7, 11) is 0. The Hall–Kier alpha value is -1.55. The van der Waals surface area contributed by atoms with E-state index in [9.17, 15) is 4.79 Å². The van der Waals surface area contributed by atoms with Gasteiger partial charge in [-0.1, -0.05) is 38.5 Å². The highest BCUT2D eigenvalue weighted by Gasteiger charge is 2.08. The lowest BCUT2D eigenvalue weighted by atomic mass is 10.0. The van der Waals surface area contributed by atoms with Crippen LogP contribution in [0.5, 0.6) is 0 Å². The Labute approximate surface area is 129 Å². The van der Waals surface area contributed by atoms with Crippen LogP contribution in [0, 0.1) is 5.92 Å². The van der Waals surface area contributed by atoms with Gasteiger partial charge in [-0.15, -0.1) is 0 Å². The minimum Gasteiger partial charge on any atom is -0.499 e. The number of primary amides is 1. The summed E-state index contributed by atoms with van der Waals surface area (Å²) in [6.45, 7) is 12.1. The molecule has 0 heterocycles. The molecule has 3 N–H and O–H groups in total. The molecule has 0 aliphatic carbocycles. The Morgan fingerprint density at radius 3 is 2.43 bits per heavy atom. The van der Waals surface area contributed by atoms with E-state index in [1.807, 2.05) is 39.8 Å². The van der Waals surface area contributed by atoms with Gasteiger partial charge in [-0.25, -0.2) is 0 Å². The number of hydrogen-bond donors (Lipinski definition) is 2.